The Morgan fingerprint density at radius 3 is 2.91 bits per heavy atom. The Hall–Kier alpha value is -0.120. The molecule has 2 unspecified atom stereocenters. The van der Waals surface area contributed by atoms with Crippen LogP contribution >= 0.6 is 0 Å². The Kier molecular flexibility index (Phi) is 3.30. The SMILES string of the molecule is CCN1CCC(C(C)ON)C1. The molecule has 0 amide bonds. The van der Waals surface area contributed by atoms with Crippen LogP contribution in [0, 0.1) is 5.92 Å². The van der Waals surface area contributed by atoms with Gasteiger partial charge in [0.15, 0.2) is 0 Å². The Bertz CT molecular complexity index is 119. The highest BCUT2D eigenvalue weighted by atomic mass is 16.6. The fourth-order valence-corrected chi connectivity index (χ4v) is 1.64. The molecule has 3 heteroatoms. The van der Waals surface area contributed by atoms with Gasteiger partial charge in [-0.15, -0.1) is 0 Å². The molecule has 66 valence electrons. The Balaban J connectivity index is 2.29. The van der Waals surface area contributed by atoms with Gasteiger partial charge in [0.2, 0.25) is 0 Å². The fourth-order valence-electron chi connectivity index (χ4n) is 1.64. The minimum absolute atomic E-state index is 0.214. The lowest BCUT2D eigenvalue weighted by atomic mass is 10.0. The second kappa shape index (κ2) is 4.04. The molecule has 11 heavy (non-hydrogen) atoms. The summed E-state index contributed by atoms with van der Waals surface area (Å²) in [5.74, 6) is 5.76. The molecule has 3 nitrogen and oxygen atoms in total. The Morgan fingerprint density at radius 1 is 1.73 bits per heavy atom. The molecule has 1 heterocycles. The Morgan fingerprint density at radius 2 is 2.45 bits per heavy atom. The number of hydrogen-bond donors (Lipinski definition) is 1. The minimum Gasteiger partial charge on any atom is -0.303 e. The lowest BCUT2D eigenvalue weighted by Crippen LogP contribution is -2.27. The van der Waals surface area contributed by atoms with E-state index in [-0.39, 0.29) is 6.10 Å². The van der Waals surface area contributed by atoms with Crippen LogP contribution in [-0.4, -0.2) is 30.6 Å². The summed E-state index contributed by atoms with van der Waals surface area (Å²) in [5.41, 5.74) is 0. The first-order chi connectivity index (χ1) is 5.27. The second-order valence-electron chi connectivity index (χ2n) is 3.28. The number of likely N-dealkylation sites (tertiary alicyclic amines) is 1. The van der Waals surface area contributed by atoms with Crippen LogP contribution in [0.15, 0.2) is 0 Å². The summed E-state index contributed by atoms with van der Waals surface area (Å²) < 4.78 is 0. The molecule has 0 aliphatic carbocycles. The lowest BCUT2D eigenvalue weighted by Gasteiger charge is -2.17. The van der Waals surface area contributed by atoms with Crippen molar-refractivity contribution in [2.45, 2.75) is 26.4 Å². The molecule has 0 aromatic heterocycles. The molecule has 0 spiro atoms. The molecule has 2 N–H and O–H groups in total. The molecule has 1 fully saturated rings. The fraction of sp³-hybridized carbons (Fsp3) is 1.00. The summed E-state index contributed by atoms with van der Waals surface area (Å²) in [4.78, 5) is 7.23. The lowest BCUT2D eigenvalue weighted by molar-refractivity contribution is 0.0271. The summed E-state index contributed by atoms with van der Waals surface area (Å²) >= 11 is 0. The number of rotatable bonds is 3. The summed E-state index contributed by atoms with van der Waals surface area (Å²) in [6.07, 6.45) is 1.44. The highest BCUT2D eigenvalue weighted by Crippen LogP contribution is 2.19. The smallest absolute Gasteiger partial charge is 0.0800 e. The van der Waals surface area contributed by atoms with Gasteiger partial charge in [0.05, 0.1) is 6.10 Å². The predicted molar refractivity (Wildman–Crippen MR) is 45.0 cm³/mol. The van der Waals surface area contributed by atoms with E-state index >= 15 is 0 Å². The third-order valence-corrected chi connectivity index (χ3v) is 2.63. The molecule has 1 saturated heterocycles. The van der Waals surface area contributed by atoms with Gasteiger partial charge >= 0.3 is 0 Å². The molecule has 0 aromatic carbocycles. The standard InChI is InChI=1S/C8H18N2O/c1-3-10-5-4-8(6-10)7(2)11-9/h7-8H,3-6,9H2,1-2H3. The topological polar surface area (TPSA) is 38.5 Å². The summed E-state index contributed by atoms with van der Waals surface area (Å²) in [7, 11) is 0. The van der Waals surface area contributed by atoms with Gasteiger partial charge in [-0.2, -0.15) is 0 Å². The first-order valence-corrected chi connectivity index (χ1v) is 4.35. The summed E-state index contributed by atoms with van der Waals surface area (Å²) in [6.45, 7) is 7.73. The van der Waals surface area contributed by atoms with Crippen LogP contribution in [-0.2, 0) is 4.84 Å². The van der Waals surface area contributed by atoms with Crippen molar-refractivity contribution >= 4 is 0 Å². The van der Waals surface area contributed by atoms with Crippen molar-refractivity contribution in [3.05, 3.63) is 0 Å². The van der Waals surface area contributed by atoms with E-state index in [4.69, 9.17) is 10.7 Å². The van der Waals surface area contributed by atoms with Crippen molar-refractivity contribution < 1.29 is 4.84 Å². The van der Waals surface area contributed by atoms with E-state index in [1.807, 2.05) is 6.92 Å². The molecule has 0 bridgehead atoms. The quantitative estimate of drug-likeness (QED) is 0.611. The average Bonchev–Trinajstić information content (AvgIpc) is 2.50. The molecule has 0 aromatic rings. The van der Waals surface area contributed by atoms with E-state index in [0.717, 1.165) is 13.1 Å². The molecular formula is C8H18N2O. The number of nitrogens with zero attached hydrogens (tertiary/aromatic N) is 1. The summed E-state index contributed by atoms with van der Waals surface area (Å²) in [6, 6.07) is 0. The van der Waals surface area contributed by atoms with Gasteiger partial charge in [0, 0.05) is 12.5 Å². The Labute approximate surface area is 68.5 Å². The van der Waals surface area contributed by atoms with Crippen LogP contribution < -0.4 is 5.90 Å². The minimum atomic E-state index is 0.214. The maximum absolute atomic E-state index is 5.12. The van der Waals surface area contributed by atoms with Gasteiger partial charge in [0.1, 0.15) is 0 Å². The van der Waals surface area contributed by atoms with Gasteiger partial charge in [-0.3, -0.25) is 0 Å². The maximum Gasteiger partial charge on any atom is 0.0800 e. The van der Waals surface area contributed by atoms with E-state index in [1.54, 1.807) is 0 Å². The van der Waals surface area contributed by atoms with Crippen LogP contribution in [0.1, 0.15) is 20.3 Å². The van der Waals surface area contributed by atoms with Crippen molar-refractivity contribution in [3.63, 3.8) is 0 Å². The second-order valence-corrected chi connectivity index (χ2v) is 3.28. The largest absolute Gasteiger partial charge is 0.303 e. The van der Waals surface area contributed by atoms with E-state index in [2.05, 4.69) is 11.8 Å². The normalized spacial score (nSPS) is 29.2. The molecule has 2 atom stereocenters. The van der Waals surface area contributed by atoms with Gasteiger partial charge in [0.25, 0.3) is 0 Å². The molecule has 1 aliphatic rings. The first kappa shape index (κ1) is 8.97. The van der Waals surface area contributed by atoms with Crippen molar-refractivity contribution in [3.8, 4) is 0 Å². The van der Waals surface area contributed by atoms with Gasteiger partial charge in [-0.25, -0.2) is 5.90 Å². The molecule has 1 aliphatic heterocycles. The number of nitrogens with two attached hydrogens (primary N) is 1. The molecule has 0 saturated carbocycles. The van der Waals surface area contributed by atoms with Crippen molar-refractivity contribution in [1.82, 2.24) is 4.90 Å². The van der Waals surface area contributed by atoms with Gasteiger partial charge < -0.3 is 9.74 Å². The summed E-state index contributed by atoms with van der Waals surface area (Å²) in [5, 5.41) is 0. The van der Waals surface area contributed by atoms with E-state index < -0.39 is 0 Å². The number of hydrogen-bond acceptors (Lipinski definition) is 3. The van der Waals surface area contributed by atoms with E-state index in [1.165, 1.54) is 13.0 Å². The molecule has 1 rings (SSSR count). The maximum atomic E-state index is 5.12. The van der Waals surface area contributed by atoms with Crippen molar-refractivity contribution in [1.29, 1.82) is 0 Å². The highest BCUT2D eigenvalue weighted by molar-refractivity contribution is 4.78. The van der Waals surface area contributed by atoms with Gasteiger partial charge in [-0.1, -0.05) is 6.92 Å². The predicted octanol–water partition coefficient (Wildman–Crippen LogP) is 0.607. The third-order valence-electron chi connectivity index (χ3n) is 2.63. The average molecular weight is 158 g/mol. The third kappa shape index (κ3) is 2.15. The molecule has 0 radical (unpaired) electrons. The van der Waals surface area contributed by atoms with Crippen LogP contribution in [0.2, 0.25) is 0 Å². The van der Waals surface area contributed by atoms with Crippen LogP contribution in [0.4, 0.5) is 0 Å². The van der Waals surface area contributed by atoms with Crippen molar-refractivity contribution in [2.75, 3.05) is 19.6 Å². The monoisotopic (exact) mass is 158 g/mol. The highest BCUT2D eigenvalue weighted by Gasteiger charge is 2.25. The van der Waals surface area contributed by atoms with Crippen LogP contribution in [0.3, 0.4) is 0 Å². The van der Waals surface area contributed by atoms with E-state index in [9.17, 15) is 0 Å². The van der Waals surface area contributed by atoms with Crippen molar-refractivity contribution in [2.24, 2.45) is 11.8 Å². The zero-order valence-electron chi connectivity index (χ0n) is 7.42. The zero-order valence-corrected chi connectivity index (χ0v) is 7.42. The van der Waals surface area contributed by atoms with Crippen LogP contribution in [0.25, 0.3) is 0 Å². The van der Waals surface area contributed by atoms with E-state index in [0.29, 0.717) is 5.92 Å². The van der Waals surface area contributed by atoms with Gasteiger partial charge in [-0.05, 0) is 26.4 Å². The molecular weight excluding hydrogens is 140 g/mol. The van der Waals surface area contributed by atoms with Crippen LogP contribution in [0.5, 0.6) is 0 Å². The zero-order chi connectivity index (χ0) is 8.27. The first-order valence-electron chi connectivity index (χ1n) is 4.35.